The first kappa shape index (κ1) is 13.2. The summed E-state index contributed by atoms with van der Waals surface area (Å²) in [5.74, 6) is 0.0403. The Morgan fingerprint density at radius 2 is 1.94 bits per heavy atom. The molecular weight excluding hydrogens is 223 g/mol. The Hall–Kier alpha value is -0.830. The summed E-state index contributed by atoms with van der Waals surface area (Å²) in [7, 11) is 0. The summed E-state index contributed by atoms with van der Waals surface area (Å²) in [5, 5.41) is 0. The number of halogens is 1. The van der Waals surface area contributed by atoms with Crippen LogP contribution in [0.3, 0.4) is 0 Å². The van der Waals surface area contributed by atoms with Crippen LogP contribution in [0.15, 0.2) is 18.2 Å². The second-order valence-corrected chi connectivity index (χ2v) is 6.64. The molecule has 0 atom stereocenters. The molecule has 88 valence electrons. The van der Waals surface area contributed by atoms with E-state index in [9.17, 15) is 9.18 Å². The van der Waals surface area contributed by atoms with E-state index < -0.39 is 0 Å². The Balaban J connectivity index is 2.73. The van der Waals surface area contributed by atoms with Crippen LogP contribution >= 0.6 is 11.8 Å². The molecule has 0 N–H and O–H groups in total. The predicted octanol–water partition coefficient (Wildman–Crippen LogP) is 3.85. The van der Waals surface area contributed by atoms with Crippen molar-refractivity contribution in [1.29, 1.82) is 0 Å². The Morgan fingerprint density at radius 3 is 2.44 bits per heavy atom. The summed E-state index contributed by atoms with van der Waals surface area (Å²) in [4.78, 5) is 11.8. The van der Waals surface area contributed by atoms with E-state index in [0.29, 0.717) is 11.3 Å². The number of aryl methyl sites for hydroxylation is 1. The second kappa shape index (κ2) is 5.00. The van der Waals surface area contributed by atoms with Crippen molar-refractivity contribution >= 4 is 17.5 Å². The van der Waals surface area contributed by atoms with Crippen molar-refractivity contribution in [2.24, 2.45) is 0 Å². The van der Waals surface area contributed by atoms with E-state index in [0.717, 1.165) is 5.56 Å². The molecule has 1 aromatic rings. The summed E-state index contributed by atoms with van der Waals surface area (Å²) in [6.07, 6.45) is 0. The normalized spacial score (nSPS) is 11.6. The molecule has 3 heteroatoms. The molecule has 0 aromatic heterocycles. The van der Waals surface area contributed by atoms with Crippen molar-refractivity contribution in [2.75, 3.05) is 5.75 Å². The van der Waals surface area contributed by atoms with Gasteiger partial charge in [-0.15, -0.1) is 11.8 Å². The average Bonchev–Trinajstić information content (AvgIpc) is 2.11. The lowest BCUT2D eigenvalue weighted by Gasteiger charge is -2.16. The van der Waals surface area contributed by atoms with Gasteiger partial charge in [-0.1, -0.05) is 20.8 Å². The summed E-state index contributed by atoms with van der Waals surface area (Å²) in [6, 6.07) is 4.46. The quantitative estimate of drug-likeness (QED) is 0.746. The number of carbonyl (C=O) groups is 1. The van der Waals surface area contributed by atoms with Crippen LogP contribution in [-0.2, 0) is 0 Å². The monoisotopic (exact) mass is 240 g/mol. The van der Waals surface area contributed by atoms with Gasteiger partial charge in [0.05, 0.1) is 5.75 Å². The van der Waals surface area contributed by atoms with Gasteiger partial charge < -0.3 is 0 Å². The SMILES string of the molecule is Cc1cc(F)cc(C(=O)CSC(C)(C)C)c1. The summed E-state index contributed by atoms with van der Waals surface area (Å²) in [5.41, 5.74) is 1.25. The topological polar surface area (TPSA) is 17.1 Å². The van der Waals surface area contributed by atoms with E-state index in [1.807, 2.05) is 0 Å². The van der Waals surface area contributed by atoms with Crippen LogP contribution in [0.5, 0.6) is 0 Å². The molecule has 1 rings (SSSR count). The van der Waals surface area contributed by atoms with Gasteiger partial charge in [0, 0.05) is 10.3 Å². The van der Waals surface area contributed by atoms with E-state index in [1.54, 1.807) is 24.8 Å². The first-order valence-corrected chi connectivity index (χ1v) is 6.21. The number of hydrogen-bond donors (Lipinski definition) is 0. The molecule has 0 amide bonds. The van der Waals surface area contributed by atoms with Gasteiger partial charge in [-0.2, -0.15) is 0 Å². The lowest BCUT2D eigenvalue weighted by atomic mass is 10.1. The lowest BCUT2D eigenvalue weighted by Crippen LogP contribution is -2.13. The Kier molecular flexibility index (Phi) is 4.14. The number of benzene rings is 1. The van der Waals surface area contributed by atoms with Gasteiger partial charge in [-0.25, -0.2) is 4.39 Å². The molecule has 0 saturated heterocycles. The van der Waals surface area contributed by atoms with Crippen LogP contribution in [0, 0.1) is 12.7 Å². The van der Waals surface area contributed by atoms with E-state index in [1.165, 1.54) is 12.1 Å². The third-order valence-corrected chi connectivity index (χ3v) is 3.27. The zero-order valence-corrected chi connectivity index (χ0v) is 11.0. The summed E-state index contributed by atoms with van der Waals surface area (Å²) >= 11 is 1.58. The highest BCUT2D eigenvalue weighted by atomic mass is 32.2. The number of Topliss-reactive ketones (excluding diaryl/α,β-unsaturated/α-hetero) is 1. The smallest absolute Gasteiger partial charge is 0.172 e. The number of rotatable bonds is 3. The highest BCUT2D eigenvalue weighted by Gasteiger charge is 2.15. The first-order valence-electron chi connectivity index (χ1n) is 5.22. The van der Waals surface area contributed by atoms with Gasteiger partial charge in [0.15, 0.2) is 5.78 Å². The number of ketones is 1. The van der Waals surface area contributed by atoms with E-state index in [-0.39, 0.29) is 16.3 Å². The highest BCUT2D eigenvalue weighted by Crippen LogP contribution is 2.24. The molecule has 0 heterocycles. The molecule has 1 nitrogen and oxygen atoms in total. The van der Waals surface area contributed by atoms with Gasteiger partial charge in [0.2, 0.25) is 0 Å². The van der Waals surface area contributed by atoms with E-state index in [2.05, 4.69) is 20.8 Å². The summed E-state index contributed by atoms with van der Waals surface area (Å²) < 4.78 is 13.2. The fourth-order valence-corrected chi connectivity index (χ4v) is 1.99. The molecule has 0 radical (unpaired) electrons. The van der Waals surface area contributed by atoms with Crippen molar-refractivity contribution in [1.82, 2.24) is 0 Å². The molecular formula is C13H17FOS. The fourth-order valence-electron chi connectivity index (χ4n) is 1.26. The van der Waals surface area contributed by atoms with Gasteiger partial charge >= 0.3 is 0 Å². The van der Waals surface area contributed by atoms with Crippen LogP contribution in [-0.4, -0.2) is 16.3 Å². The van der Waals surface area contributed by atoms with E-state index >= 15 is 0 Å². The third kappa shape index (κ3) is 4.35. The van der Waals surface area contributed by atoms with Gasteiger partial charge in [0.1, 0.15) is 5.82 Å². The molecule has 1 aromatic carbocycles. The maximum Gasteiger partial charge on any atom is 0.172 e. The van der Waals surface area contributed by atoms with Crippen molar-refractivity contribution in [2.45, 2.75) is 32.4 Å². The maximum absolute atomic E-state index is 13.1. The molecule has 0 aliphatic rings. The van der Waals surface area contributed by atoms with Crippen molar-refractivity contribution in [3.05, 3.63) is 35.1 Å². The Bertz CT molecular complexity index is 373. The molecule has 0 spiro atoms. The van der Waals surface area contributed by atoms with Crippen molar-refractivity contribution < 1.29 is 9.18 Å². The summed E-state index contributed by atoms with van der Waals surface area (Å²) in [6.45, 7) is 7.96. The van der Waals surface area contributed by atoms with Gasteiger partial charge in [-0.3, -0.25) is 4.79 Å². The van der Waals surface area contributed by atoms with Crippen molar-refractivity contribution in [3.63, 3.8) is 0 Å². The minimum absolute atomic E-state index is 0.0116. The van der Waals surface area contributed by atoms with Crippen molar-refractivity contribution in [3.8, 4) is 0 Å². The maximum atomic E-state index is 13.1. The zero-order chi connectivity index (χ0) is 12.3. The Labute approximate surface area is 100 Å². The van der Waals surface area contributed by atoms with Gasteiger partial charge in [0.25, 0.3) is 0 Å². The number of thioether (sulfide) groups is 1. The largest absolute Gasteiger partial charge is 0.293 e. The van der Waals surface area contributed by atoms with Gasteiger partial charge in [-0.05, 0) is 30.7 Å². The molecule has 0 saturated carbocycles. The molecule has 16 heavy (non-hydrogen) atoms. The second-order valence-electron chi connectivity index (χ2n) is 4.84. The highest BCUT2D eigenvalue weighted by molar-refractivity contribution is 8.01. The first-order chi connectivity index (χ1) is 7.28. The molecule has 0 fully saturated rings. The molecule has 0 bridgehead atoms. The molecule has 0 aliphatic heterocycles. The molecule has 0 aliphatic carbocycles. The fraction of sp³-hybridized carbons (Fsp3) is 0.462. The van der Waals surface area contributed by atoms with Crippen LogP contribution in [0.25, 0.3) is 0 Å². The Morgan fingerprint density at radius 1 is 1.31 bits per heavy atom. The zero-order valence-electron chi connectivity index (χ0n) is 10.1. The third-order valence-electron chi connectivity index (χ3n) is 2.00. The average molecular weight is 240 g/mol. The number of hydrogen-bond acceptors (Lipinski definition) is 2. The minimum atomic E-state index is -0.343. The van der Waals surface area contributed by atoms with Crippen LogP contribution in [0.2, 0.25) is 0 Å². The lowest BCUT2D eigenvalue weighted by molar-refractivity contribution is 0.102. The number of carbonyl (C=O) groups excluding carboxylic acids is 1. The van der Waals surface area contributed by atoms with Crippen LogP contribution < -0.4 is 0 Å². The predicted molar refractivity (Wildman–Crippen MR) is 67.7 cm³/mol. The van der Waals surface area contributed by atoms with Crippen LogP contribution in [0.4, 0.5) is 4.39 Å². The minimum Gasteiger partial charge on any atom is -0.293 e. The molecule has 0 unspecified atom stereocenters. The standard InChI is InChI=1S/C13H17FOS/c1-9-5-10(7-11(14)6-9)12(15)8-16-13(2,3)4/h5-7H,8H2,1-4H3. The van der Waals surface area contributed by atoms with Crippen LogP contribution in [0.1, 0.15) is 36.7 Å². The van der Waals surface area contributed by atoms with E-state index in [4.69, 9.17) is 0 Å².